The number of nitrogens with zero attached hydrogens (tertiary/aromatic N) is 2. The average Bonchev–Trinajstić information content (AvgIpc) is 3.09. The minimum Gasteiger partial charge on any atom is -0.432 e. The largest absolute Gasteiger partial charge is 0.432 e. The van der Waals surface area contributed by atoms with Crippen molar-refractivity contribution in [2.24, 2.45) is 5.92 Å². The number of hydrogen-bond acceptors (Lipinski definition) is 4. The van der Waals surface area contributed by atoms with Crippen LogP contribution in [0.2, 0.25) is 0 Å². The molecule has 3 saturated heterocycles. The number of nitrogens with one attached hydrogen (secondary N) is 1. The normalized spacial score (nSPS) is 28.8. The average molecular weight is 390 g/mol. The Morgan fingerprint density at radius 3 is 2.67 bits per heavy atom. The highest BCUT2D eigenvalue weighted by atomic mass is 79.9. The zero-order valence-corrected chi connectivity index (χ0v) is 15.1. The molecule has 3 aliphatic heterocycles. The van der Waals surface area contributed by atoms with Gasteiger partial charge in [-0.1, -0.05) is 28.1 Å². The zero-order chi connectivity index (χ0) is 16.7. The summed E-state index contributed by atoms with van der Waals surface area (Å²) in [4.78, 5) is 19.2. The lowest BCUT2D eigenvalue weighted by molar-refractivity contribution is 0.0210. The van der Waals surface area contributed by atoms with Crippen molar-refractivity contribution in [1.82, 2.24) is 15.2 Å². The maximum atomic E-state index is 12.5. The highest BCUT2D eigenvalue weighted by Gasteiger charge is 2.40. The molecule has 0 aliphatic carbocycles. The second-order valence-corrected chi connectivity index (χ2v) is 7.57. The van der Waals surface area contributed by atoms with Crippen LogP contribution in [0.4, 0.5) is 0 Å². The summed E-state index contributed by atoms with van der Waals surface area (Å²) in [5, 5.41) is 3.15. The van der Waals surface area contributed by atoms with E-state index in [1.807, 2.05) is 24.3 Å². The van der Waals surface area contributed by atoms with Crippen LogP contribution in [-0.2, 0) is 0 Å². The first-order chi connectivity index (χ1) is 11.6. The van der Waals surface area contributed by atoms with Crippen LogP contribution < -0.4 is 5.32 Å². The molecule has 1 aromatic heterocycles. The fraction of sp³-hybridized carbons (Fsp3) is 0.444. The van der Waals surface area contributed by atoms with E-state index in [0.29, 0.717) is 17.7 Å². The maximum Gasteiger partial charge on any atom is 0.307 e. The minimum absolute atomic E-state index is 0.136. The summed E-state index contributed by atoms with van der Waals surface area (Å²) in [5.74, 6) is 1.09. The summed E-state index contributed by atoms with van der Waals surface area (Å²) in [6.45, 7) is 4.48. The standard InChI is InChI=1S/C18H20BrN3O2/c1-11-16(13-6-8-22(11)9-7-13)21-17(23)18-20-10-15(24-18)12-2-4-14(19)5-3-12/h2-5,10-11,13,16H,6-9H2,1H3,(H,21,23). The SMILES string of the molecule is CC1C(NC(=O)c2ncc(-c3ccc(Br)cc3)o2)C2CCN1CC2. The van der Waals surface area contributed by atoms with Crippen LogP contribution in [0, 0.1) is 5.92 Å². The fourth-order valence-corrected chi connectivity index (χ4v) is 4.15. The monoisotopic (exact) mass is 389 g/mol. The van der Waals surface area contributed by atoms with Gasteiger partial charge in [-0.15, -0.1) is 0 Å². The van der Waals surface area contributed by atoms with E-state index in [9.17, 15) is 4.79 Å². The Morgan fingerprint density at radius 2 is 2.00 bits per heavy atom. The summed E-state index contributed by atoms with van der Waals surface area (Å²) in [6, 6.07) is 8.30. The molecule has 24 heavy (non-hydrogen) atoms. The molecule has 0 radical (unpaired) electrons. The minimum atomic E-state index is -0.219. The van der Waals surface area contributed by atoms with E-state index < -0.39 is 0 Å². The molecule has 1 aromatic carbocycles. The molecule has 5 rings (SSSR count). The van der Waals surface area contributed by atoms with Crippen molar-refractivity contribution >= 4 is 21.8 Å². The van der Waals surface area contributed by atoms with Crippen LogP contribution >= 0.6 is 15.9 Å². The molecule has 0 saturated carbocycles. The molecule has 6 heteroatoms. The number of piperidine rings is 3. The van der Waals surface area contributed by atoms with Crippen LogP contribution in [-0.4, -0.2) is 41.0 Å². The molecule has 126 valence electrons. The number of carbonyl (C=O) groups is 1. The zero-order valence-electron chi connectivity index (χ0n) is 13.5. The third-order valence-electron chi connectivity index (χ3n) is 5.30. The lowest BCUT2D eigenvalue weighted by Gasteiger charge is -2.49. The molecule has 5 nitrogen and oxygen atoms in total. The predicted octanol–water partition coefficient (Wildman–Crippen LogP) is 3.32. The van der Waals surface area contributed by atoms with Crippen molar-refractivity contribution in [3.63, 3.8) is 0 Å². The maximum absolute atomic E-state index is 12.5. The predicted molar refractivity (Wildman–Crippen MR) is 94.7 cm³/mol. The number of oxazole rings is 1. The first kappa shape index (κ1) is 15.8. The van der Waals surface area contributed by atoms with E-state index in [2.05, 4.69) is 38.1 Å². The topological polar surface area (TPSA) is 58.4 Å². The third-order valence-corrected chi connectivity index (χ3v) is 5.83. The van der Waals surface area contributed by atoms with Gasteiger partial charge in [-0.05, 0) is 50.9 Å². The van der Waals surface area contributed by atoms with Crippen LogP contribution in [0.1, 0.15) is 30.5 Å². The second kappa shape index (κ2) is 6.33. The molecule has 2 aromatic rings. The van der Waals surface area contributed by atoms with Gasteiger partial charge in [-0.2, -0.15) is 0 Å². The van der Waals surface area contributed by atoms with Gasteiger partial charge >= 0.3 is 5.91 Å². The number of benzene rings is 1. The van der Waals surface area contributed by atoms with E-state index in [4.69, 9.17) is 4.42 Å². The molecule has 0 spiro atoms. The van der Waals surface area contributed by atoms with Crippen molar-refractivity contribution < 1.29 is 9.21 Å². The van der Waals surface area contributed by atoms with E-state index >= 15 is 0 Å². The lowest BCUT2D eigenvalue weighted by atomic mass is 9.79. The van der Waals surface area contributed by atoms with Gasteiger partial charge in [0.1, 0.15) is 0 Å². The van der Waals surface area contributed by atoms with Crippen LogP contribution in [0.15, 0.2) is 39.4 Å². The molecule has 3 aliphatic rings. The summed E-state index contributed by atoms with van der Waals surface area (Å²) in [6.07, 6.45) is 3.92. The number of carbonyl (C=O) groups excluding carboxylic acids is 1. The Morgan fingerprint density at radius 1 is 1.29 bits per heavy atom. The molecule has 1 amide bonds. The highest BCUT2D eigenvalue weighted by Crippen LogP contribution is 2.32. The fourth-order valence-electron chi connectivity index (χ4n) is 3.89. The molecule has 2 bridgehead atoms. The van der Waals surface area contributed by atoms with E-state index in [1.165, 1.54) is 0 Å². The lowest BCUT2D eigenvalue weighted by Crippen LogP contribution is -2.62. The first-order valence-electron chi connectivity index (χ1n) is 8.38. The Hall–Kier alpha value is -1.66. The van der Waals surface area contributed by atoms with Crippen LogP contribution in [0.3, 0.4) is 0 Å². The van der Waals surface area contributed by atoms with Crippen molar-refractivity contribution in [1.29, 1.82) is 0 Å². The van der Waals surface area contributed by atoms with Crippen molar-refractivity contribution in [2.45, 2.75) is 31.8 Å². The summed E-state index contributed by atoms with van der Waals surface area (Å²) < 4.78 is 6.68. The number of halogens is 1. The summed E-state index contributed by atoms with van der Waals surface area (Å²) in [7, 11) is 0. The molecule has 2 unspecified atom stereocenters. The van der Waals surface area contributed by atoms with Gasteiger partial charge in [0, 0.05) is 22.1 Å². The molecular weight excluding hydrogens is 370 g/mol. The van der Waals surface area contributed by atoms with Crippen molar-refractivity contribution in [2.75, 3.05) is 13.1 Å². The molecular formula is C18H20BrN3O2. The van der Waals surface area contributed by atoms with Gasteiger partial charge in [0.25, 0.3) is 5.89 Å². The number of aromatic nitrogens is 1. The molecule has 2 atom stereocenters. The quantitative estimate of drug-likeness (QED) is 0.874. The van der Waals surface area contributed by atoms with Gasteiger partial charge in [-0.25, -0.2) is 4.98 Å². The highest BCUT2D eigenvalue weighted by molar-refractivity contribution is 9.10. The van der Waals surface area contributed by atoms with Gasteiger partial charge in [0.15, 0.2) is 5.76 Å². The van der Waals surface area contributed by atoms with Crippen molar-refractivity contribution in [3.05, 3.63) is 40.8 Å². The number of hydrogen-bond donors (Lipinski definition) is 1. The number of rotatable bonds is 3. The number of amides is 1. The third kappa shape index (κ3) is 2.89. The van der Waals surface area contributed by atoms with Crippen LogP contribution in [0.5, 0.6) is 0 Å². The van der Waals surface area contributed by atoms with Crippen molar-refractivity contribution in [3.8, 4) is 11.3 Å². The molecule has 3 fully saturated rings. The Kier molecular flexibility index (Phi) is 4.18. The Balaban J connectivity index is 1.48. The summed E-state index contributed by atoms with van der Waals surface area (Å²) in [5.41, 5.74) is 0.904. The van der Waals surface area contributed by atoms with Gasteiger partial charge in [0.2, 0.25) is 0 Å². The molecule has 1 N–H and O–H groups in total. The summed E-state index contributed by atoms with van der Waals surface area (Å²) >= 11 is 3.41. The number of fused-ring (bicyclic) bond motifs is 3. The van der Waals surface area contributed by atoms with E-state index in [0.717, 1.165) is 36.0 Å². The Bertz CT molecular complexity index is 733. The molecule has 4 heterocycles. The Labute approximate surface area is 149 Å². The van der Waals surface area contributed by atoms with Gasteiger partial charge in [0.05, 0.1) is 6.20 Å². The van der Waals surface area contributed by atoms with Crippen LogP contribution in [0.25, 0.3) is 11.3 Å². The second-order valence-electron chi connectivity index (χ2n) is 6.65. The van der Waals surface area contributed by atoms with Gasteiger partial charge in [-0.3, -0.25) is 9.69 Å². The first-order valence-corrected chi connectivity index (χ1v) is 9.18. The smallest absolute Gasteiger partial charge is 0.307 e. The van der Waals surface area contributed by atoms with E-state index in [-0.39, 0.29) is 17.8 Å². The van der Waals surface area contributed by atoms with E-state index in [1.54, 1.807) is 6.20 Å². The van der Waals surface area contributed by atoms with Gasteiger partial charge < -0.3 is 9.73 Å².